The van der Waals surface area contributed by atoms with Crippen molar-refractivity contribution in [1.82, 2.24) is 29.9 Å². The second kappa shape index (κ2) is 22.5. The van der Waals surface area contributed by atoms with E-state index >= 15 is 0 Å². The molecule has 4 aromatic heterocycles. The molecule has 9 aromatic rings. The Bertz CT molecular complexity index is 2700. The third-order valence-corrected chi connectivity index (χ3v) is 10.3. The average molecular weight is 1030 g/mol. The molecule has 0 fully saturated rings. The van der Waals surface area contributed by atoms with E-state index in [1.165, 1.54) is 11.1 Å². The number of benzene rings is 5. The Labute approximate surface area is 396 Å². The molecular weight excluding hydrogens is 977 g/mol. The predicted molar refractivity (Wildman–Crippen MR) is 258 cm³/mol. The third kappa shape index (κ3) is 13.0. The van der Waals surface area contributed by atoms with Gasteiger partial charge in [0.1, 0.15) is 5.78 Å². The first-order valence-electron chi connectivity index (χ1n) is 21.2. The summed E-state index contributed by atoms with van der Waals surface area (Å²) in [5.41, 5.74) is 11.5. The van der Waals surface area contributed by atoms with Gasteiger partial charge < -0.3 is 19.7 Å². The number of Topliss-reactive ketones (excluding diaryl/α,β-unsaturated/α-hetero) is 1. The maximum Gasteiger partial charge on any atom is 3.00 e. The minimum Gasteiger partial charge on any atom is -0.306 e. The zero-order valence-electron chi connectivity index (χ0n) is 37.3. The van der Waals surface area contributed by atoms with Crippen molar-refractivity contribution in [2.75, 3.05) is 0 Å². The second-order valence-electron chi connectivity index (χ2n) is 16.4. The summed E-state index contributed by atoms with van der Waals surface area (Å²) in [6.07, 6.45) is 5.35. The number of carbonyl (C=O) groups is 1. The topological polar surface area (TPSA) is 94.4 Å². The van der Waals surface area contributed by atoms with Crippen LogP contribution >= 0.6 is 0 Å². The first-order valence-corrected chi connectivity index (χ1v) is 21.2. The van der Waals surface area contributed by atoms with Crippen molar-refractivity contribution in [3.63, 3.8) is 0 Å². The van der Waals surface area contributed by atoms with Crippen LogP contribution < -0.4 is 0 Å². The Morgan fingerprint density at radius 2 is 0.985 bits per heavy atom. The van der Waals surface area contributed by atoms with Crippen molar-refractivity contribution in [2.45, 2.75) is 52.9 Å². The Morgan fingerprint density at radius 1 is 0.508 bits per heavy atom. The summed E-state index contributed by atoms with van der Waals surface area (Å²) in [7, 11) is 0. The quantitative estimate of drug-likeness (QED) is 0.111. The van der Waals surface area contributed by atoms with E-state index in [1.54, 1.807) is 37.6 Å². The summed E-state index contributed by atoms with van der Waals surface area (Å²) in [6, 6.07) is 62.9. The molecule has 0 N–H and O–H groups in total. The average Bonchev–Trinajstić information content (AvgIpc) is 3.35. The van der Waals surface area contributed by atoms with Crippen molar-refractivity contribution in [1.29, 1.82) is 0 Å². The summed E-state index contributed by atoms with van der Waals surface area (Å²) < 4.78 is 0. The van der Waals surface area contributed by atoms with Crippen LogP contribution in [0.15, 0.2) is 182 Å². The number of hydrogen-bond donors (Lipinski definition) is 0. The minimum absolute atomic E-state index is 0. The number of nitrogens with zero attached hydrogens (tertiary/aromatic N) is 6. The van der Waals surface area contributed by atoms with E-state index in [2.05, 4.69) is 116 Å². The third-order valence-electron chi connectivity index (χ3n) is 10.3. The van der Waals surface area contributed by atoms with E-state index < -0.39 is 0 Å². The van der Waals surface area contributed by atoms with Gasteiger partial charge >= 0.3 is 20.1 Å². The van der Waals surface area contributed by atoms with Crippen LogP contribution in [0.2, 0.25) is 0 Å². The zero-order valence-corrected chi connectivity index (χ0v) is 39.7. The van der Waals surface area contributed by atoms with Crippen molar-refractivity contribution in [3.8, 4) is 67.9 Å². The van der Waals surface area contributed by atoms with E-state index in [0.717, 1.165) is 50.5 Å². The molecule has 0 unspecified atom stereocenters. The fourth-order valence-corrected chi connectivity index (χ4v) is 6.54. The Morgan fingerprint density at radius 3 is 1.38 bits per heavy atom. The van der Waals surface area contributed by atoms with Crippen LogP contribution in [-0.4, -0.2) is 35.7 Å². The van der Waals surface area contributed by atoms with Crippen LogP contribution in [-0.2, 0) is 25.5 Å². The maximum atomic E-state index is 11.6. The number of pyridine rings is 3. The molecule has 0 aliphatic rings. The van der Waals surface area contributed by atoms with Gasteiger partial charge in [0.2, 0.25) is 0 Å². The first kappa shape index (κ1) is 47.4. The van der Waals surface area contributed by atoms with Gasteiger partial charge in [-0.2, -0.15) is 0 Å². The predicted octanol–water partition coefficient (Wildman–Crippen LogP) is 13.5. The van der Waals surface area contributed by atoms with E-state index in [9.17, 15) is 4.79 Å². The van der Waals surface area contributed by atoms with Gasteiger partial charge in [-0.05, 0) is 58.6 Å². The molecule has 0 radical (unpaired) electrons. The van der Waals surface area contributed by atoms with E-state index in [4.69, 9.17) is 15.0 Å². The molecule has 65 heavy (non-hydrogen) atoms. The van der Waals surface area contributed by atoms with Crippen molar-refractivity contribution < 1.29 is 24.9 Å². The van der Waals surface area contributed by atoms with Crippen LogP contribution in [0.1, 0.15) is 68.9 Å². The minimum atomic E-state index is 0. The summed E-state index contributed by atoms with van der Waals surface area (Å²) in [5.74, 6) is 2.25. The van der Waals surface area contributed by atoms with Gasteiger partial charge in [0.05, 0.1) is 0 Å². The summed E-state index contributed by atoms with van der Waals surface area (Å²) in [6.45, 7) is 12.5. The van der Waals surface area contributed by atoms with E-state index in [0.29, 0.717) is 29.0 Å². The maximum absolute atomic E-state index is 11.6. The van der Waals surface area contributed by atoms with Gasteiger partial charge in [0, 0.05) is 35.3 Å². The SMILES string of the molecule is CC(=O)c1c[c-]c(-c2ccc(-c3nc(-c4ccc(C(C)C)cc4)nc(-c4ccc(C(C)(C)C)cc4)n3)cn2)cc1.[Ir+3].[c-]1ccccc1-c1ccccn1.[c-]1ccccc1-c1ccccn1. The molecule has 9 rings (SSSR count). The molecule has 5 aromatic carbocycles. The Balaban J connectivity index is 0.000000225. The summed E-state index contributed by atoms with van der Waals surface area (Å²) in [4.78, 5) is 39.3. The number of ketones is 1. The molecule has 8 heteroatoms. The smallest absolute Gasteiger partial charge is 0.306 e. The van der Waals surface area contributed by atoms with Crippen LogP contribution in [0.25, 0.3) is 67.9 Å². The van der Waals surface area contributed by atoms with Crippen molar-refractivity contribution in [2.24, 2.45) is 0 Å². The summed E-state index contributed by atoms with van der Waals surface area (Å²) in [5, 5.41) is 0. The number of rotatable bonds is 8. The zero-order chi connectivity index (χ0) is 44.9. The molecule has 0 aliphatic heterocycles. The molecule has 0 saturated carbocycles. The largest absolute Gasteiger partial charge is 3.00 e. The van der Waals surface area contributed by atoms with Gasteiger partial charge in [0.25, 0.3) is 0 Å². The molecule has 0 spiro atoms. The molecule has 0 atom stereocenters. The monoisotopic (exact) mass is 1030 g/mol. The van der Waals surface area contributed by atoms with E-state index in [1.807, 2.05) is 103 Å². The van der Waals surface area contributed by atoms with Crippen LogP contribution in [0.3, 0.4) is 0 Å². The Kier molecular flexibility index (Phi) is 16.4. The fraction of sp³-hybridized carbons (Fsp3) is 0.140. The van der Waals surface area contributed by atoms with Crippen molar-refractivity contribution >= 4 is 5.78 Å². The van der Waals surface area contributed by atoms with Crippen LogP contribution in [0.5, 0.6) is 0 Å². The van der Waals surface area contributed by atoms with Crippen LogP contribution in [0.4, 0.5) is 0 Å². The molecule has 0 amide bonds. The standard InChI is InChI=1S/C35H33N4O.2C11H8N.Ir/c1-22(2)24-7-13-27(14-8-24)32-37-33(28-15-18-30(19-16-28)35(4,5)6)39-34(38-32)29-17-20-31(36-21-29)26-11-9-25(10-12-26)23(3)40;2*1-2-6-10(7-3-1)11-8-4-5-9-12-11;/h7-11,13-22H,1-6H3;2*1-6,8-9H;/q3*-1;+3. The molecule has 0 bridgehead atoms. The van der Waals surface area contributed by atoms with Gasteiger partial charge in [-0.25, -0.2) is 15.0 Å². The molecule has 0 saturated heterocycles. The number of hydrogen-bond acceptors (Lipinski definition) is 7. The molecule has 4 heterocycles. The van der Waals surface area contributed by atoms with Crippen molar-refractivity contribution in [3.05, 3.63) is 217 Å². The molecular formula is C57H49IrN6O. The molecule has 7 nitrogen and oxygen atoms in total. The van der Waals surface area contributed by atoms with Gasteiger partial charge in [0.15, 0.2) is 17.5 Å². The van der Waals surface area contributed by atoms with Gasteiger partial charge in [-0.15, -0.1) is 102 Å². The molecule has 322 valence electrons. The fourth-order valence-electron chi connectivity index (χ4n) is 6.54. The second-order valence-corrected chi connectivity index (χ2v) is 16.4. The summed E-state index contributed by atoms with van der Waals surface area (Å²) >= 11 is 0. The van der Waals surface area contributed by atoms with E-state index in [-0.39, 0.29) is 31.3 Å². The van der Waals surface area contributed by atoms with Gasteiger partial charge in [-0.1, -0.05) is 125 Å². The van der Waals surface area contributed by atoms with Gasteiger partial charge in [-0.3, -0.25) is 0 Å². The molecule has 0 aliphatic carbocycles. The number of carbonyl (C=O) groups excluding carboxylic acids is 1. The Hall–Kier alpha value is -7.12. The number of aromatic nitrogens is 6. The first-order chi connectivity index (χ1) is 31.0. The van der Waals surface area contributed by atoms with Crippen LogP contribution in [0, 0.1) is 18.2 Å². The normalized spacial score (nSPS) is 10.7.